The number of hydrogen-bond donors (Lipinski definition) is 2. The van der Waals surface area contributed by atoms with Crippen LogP contribution in [0, 0.1) is 5.92 Å². The minimum atomic E-state index is -3.58. The highest BCUT2D eigenvalue weighted by atomic mass is 32.2. The van der Waals surface area contributed by atoms with E-state index < -0.39 is 10.0 Å². The molecular weight excluding hydrogens is 266 g/mol. The fraction of sp³-hybridized carbons (Fsp3) is 0.583. The Morgan fingerprint density at radius 2 is 2.26 bits per heavy atom. The molecular formula is C12H19N3O3S. The maximum Gasteiger partial charge on any atom is 0.244 e. The number of nitrogens with zero attached hydrogens (tertiary/aromatic N) is 1. The molecule has 1 aliphatic rings. The lowest BCUT2D eigenvalue weighted by Crippen LogP contribution is -2.26. The van der Waals surface area contributed by atoms with Gasteiger partial charge in [-0.15, -0.1) is 0 Å². The molecule has 0 bridgehead atoms. The van der Waals surface area contributed by atoms with Gasteiger partial charge in [0.15, 0.2) is 0 Å². The molecule has 1 aliphatic carbocycles. The van der Waals surface area contributed by atoms with Crippen molar-refractivity contribution in [3.8, 4) is 0 Å². The van der Waals surface area contributed by atoms with Gasteiger partial charge in [-0.05, 0) is 37.3 Å². The van der Waals surface area contributed by atoms with Gasteiger partial charge in [0.25, 0.3) is 0 Å². The molecule has 0 aromatic carbocycles. The molecule has 3 N–H and O–H groups in total. The molecule has 0 aliphatic heterocycles. The van der Waals surface area contributed by atoms with Crippen LogP contribution in [-0.2, 0) is 14.8 Å². The first kappa shape index (κ1) is 14.2. The average Bonchev–Trinajstić information content (AvgIpc) is 3.18. The van der Waals surface area contributed by atoms with Gasteiger partial charge in [0.05, 0.1) is 0 Å². The third-order valence-electron chi connectivity index (χ3n) is 2.90. The number of nitrogens with one attached hydrogen (secondary N) is 1. The first-order valence-electron chi connectivity index (χ1n) is 6.37. The Morgan fingerprint density at radius 3 is 2.95 bits per heavy atom. The van der Waals surface area contributed by atoms with Crippen LogP contribution in [0.25, 0.3) is 0 Å². The summed E-state index contributed by atoms with van der Waals surface area (Å²) in [6, 6.07) is 2.98. The first-order valence-corrected chi connectivity index (χ1v) is 7.86. The highest BCUT2D eigenvalue weighted by Crippen LogP contribution is 2.28. The van der Waals surface area contributed by atoms with Crippen molar-refractivity contribution in [1.82, 2.24) is 9.71 Å². The summed E-state index contributed by atoms with van der Waals surface area (Å²) in [5, 5.41) is 0. The van der Waals surface area contributed by atoms with Crippen LogP contribution in [0.5, 0.6) is 0 Å². The van der Waals surface area contributed by atoms with Gasteiger partial charge in [0.2, 0.25) is 10.0 Å². The molecule has 0 saturated heterocycles. The molecule has 1 saturated carbocycles. The molecule has 0 spiro atoms. The second-order valence-corrected chi connectivity index (χ2v) is 6.39. The fourth-order valence-corrected chi connectivity index (χ4v) is 2.78. The second-order valence-electron chi connectivity index (χ2n) is 4.66. The van der Waals surface area contributed by atoms with E-state index in [1.807, 2.05) is 0 Å². The van der Waals surface area contributed by atoms with Crippen molar-refractivity contribution in [1.29, 1.82) is 0 Å². The number of nitrogens with two attached hydrogens (primary N) is 1. The van der Waals surface area contributed by atoms with E-state index in [4.69, 9.17) is 10.5 Å². The number of sulfonamides is 1. The average molecular weight is 285 g/mol. The van der Waals surface area contributed by atoms with E-state index in [1.54, 1.807) is 6.07 Å². The Kier molecular flexibility index (Phi) is 4.73. The number of pyridine rings is 1. The Bertz CT molecular complexity index is 515. The van der Waals surface area contributed by atoms with E-state index in [2.05, 4.69) is 9.71 Å². The van der Waals surface area contributed by atoms with Gasteiger partial charge >= 0.3 is 0 Å². The van der Waals surface area contributed by atoms with Gasteiger partial charge in [-0.3, -0.25) is 0 Å². The molecule has 0 atom stereocenters. The summed E-state index contributed by atoms with van der Waals surface area (Å²) in [7, 11) is -3.58. The lowest BCUT2D eigenvalue weighted by atomic mass is 10.4. The van der Waals surface area contributed by atoms with E-state index in [0.717, 1.165) is 12.5 Å². The summed E-state index contributed by atoms with van der Waals surface area (Å²) in [4.78, 5) is 3.79. The van der Waals surface area contributed by atoms with Crippen LogP contribution in [0.3, 0.4) is 0 Å². The molecule has 1 aromatic heterocycles. The van der Waals surface area contributed by atoms with Crippen molar-refractivity contribution in [2.24, 2.45) is 5.92 Å². The maximum absolute atomic E-state index is 11.9. The van der Waals surface area contributed by atoms with Crippen molar-refractivity contribution in [3.63, 3.8) is 0 Å². The van der Waals surface area contributed by atoms with Crippen molar-refractivity contribution in [3.05, 3.63) is 18.3 Å². The number of hydrogen-bond acceptors (Lipinski definition) is 5. The highest BCUT2D eigenvalue weighted by molar-refractivity contribution is 7.89. The molecule has 2 rings (SSSR count). The molecule has 19 heavy (non-hydrogen) atoms. The molecule has 1 fully saturated rings. The minimum Gasteiger partial charge on any atom is -0.383 e. The minimum absolute atomic E-state index is 0.0139. The molecule has 7 heteroatoms. The van der Waals surface area contributed by atoms with E-state index in [1.165, 1.54) is 25.1 Å². The highest BCUT2D eigenvalue weighted by Gasteiger charge is 2.21. The van der Waals surface area contributed by atoms with Crippen molar-refractivity contribution >= 4 is 15.8 Å². The zero-order chi connectivity index (χ0) is 13.7. The summed E-state index contributed by atoms with van der Waals surface area (Å²) in [5.41, 5.74) is 5.54. The van der Waals surface area contributed by atoms with Crippen LogP contribution in [-0.4, -0.2) is 33.2 Å². The van der Waals surface area contributed by atoms with Gasteiger partial charge in [0, 0.05) is 26.0 Å². The van der Waals surface area contributed by atoms with E-state index >= 15 is 0 Å². The molecule has 106 valence electrons. The zero-order valence-electron chi connectivity index (χ0n) is 10.7. The van der Waals surface area contributed by atoms with Crippen molar-refractivity contribution < 1.29 is 13.2 Å². The molecule has 1 aromatic rings. The van der Waals surface area contributed by atoms with Gasteiger partial charge in [0.1, 0.15) is 10.7 Å². The van der Waals surface area contributed by atoms with Crippen molar-refractivity contribution in [2.75, 3.05) is 25.5 Å². The lowest BCUT2D eigenvalue weighted by molar-refractivity contribution is 0.123. The SMILES string of the molecule is Nc1ncccc1S(=O)(=O)NCCCOCC1CC1. The lowest BCUT2D eigenvalue weighted by Gasteiger charge is -2.08. The topological polar surface area (TPSA) is 94.3 Å². The quantitative estimate of drug-likeness (QED) is 0.688. The Balaban J connectivity index is 1.73. The molecule has 0 amide bonds. The second kappa shape index (κ2) is 6.31. The Labute approximate surface area is 113 Å². The van der Waals surface area contributed by atoms with Gasteiger partial charge in [-0.1, -0.05) is 0 Å². The first-order chi connectivity index (χ1) is 9.09. The van der Waals surface area contributed by atoms with Crippen LogP contribution in [0.4, 0.5) is 5.82 Å². The third-order valence-corrected chi connectivity index (χ3v) is 4.41. The summed E-state index contributed by atoms with van der Waals surface area (Å²) in [6.45, 7) is 1.70. The van der Waals surface area contributed by atoms with Gasteiger partial charge in [-0.2, -0.15) is 0 Å². The maximum atomic E-state index is 11.9. The third kappa shape index (κ3) is 4.45. The van der Waals surface area contributed by atoms with Crippen LogP contribution >= 0.6 is 0 Å². The fourth-order valence-electron chi connectivity index (χ4n) is 1.62. The monoisotopic (exact) mass is 285 g/mol. The molecule has 0 radical (unpaired) electrons. The van der Waals surface area contributed by atoms with Crippen LogP contribution in [0.2, 0.25) is 0 Å². The molecule has 0 unspecified atom stereocenters. The van der Waals surface area contributed by atoms with Crippen LogP contribution in [0.1, 0.15) is 19.3 Å². The summed E-state index contributed by atoms with van der Waals surface area (Å²) < 4.78 is 31.8. The van der Waals surface area contributed by atoms with Crippen molar-refractivity contribution in [2.45, 2.75) is 24.2 Å². The predicted molar refractivity (Wildman–Crippen MR) is 72.0 cm³/mol. The number of ether oxygens (including phenoxy) is 1. The van der Waals surface area contributed by atoms with E-state index in [0.29, 0.717) is 19.6 Å². The summed E-state index contributed by atoms with van der Waals surface area (Å²) in [6.07, 6.45) is 4.62. The van der Waals surface area contributed by atoms with Gasteiger partial charge < -0.3 is 10.5 Å². The largest absolute Gasteiger partial charge is 0.383 e. The van der Waals surface area contributed by atoms with Crippen LogP contribution < -0.4 is 10.5 Å². The van der Waals surface area contributed by atoms with Crippen LogP contribution in [0.15, 0.2) is 23.2 Å². The molecule has 1 heterocycles. The Morgan fingerprint density at radius 1 is 1.47 bits per heavy atom. The van der Waals surface area contributed by atoms with Gasteiger partial charge in [-0.25, -0.2) is 18.1 Å². The normalized spacial score (nSPS) is 15.6. The van der Waals surface area contributed by atoms with E-state index in [9.17, 15) is 8.42 Å². The standard InChI is InChI=1S/C12H19N3O3S/c13-12-11(3-1-6-14-12)19(16,17)15-7-2-8-18-9-10-4-5-10/h1,3,6,10,15H,2,4-5,7-9H2,(H2,13,14). The summed E-state index contributed by atoms with van der Waals surface area (Å²) in [5.74, 6) is 0.742. The molecule has 6 nitrogen and oxygen atoms in total. The zero-order valence-corrected chi connectivity index (χ0v) is 11.5. The summed E-state index contributed by atoms with van der Waals surface area (Å²) >= 11 is 0. The number of anilines is 1. The number of aromatic nitrogens is 1. The number of nitrogen functional groups attached to an aromatic ring is 1. The number of rotatable bonds is 8. The Hall–Kier alpha value is -1.18. The smallest absolute Gasteiger partial charge is 0.244 e. The van der Waals surface area contributed by atoms with E-state index in [-0.39, 0.29) is 10.7 Å². The predicted octanol–water partition coefficient (Wildman–Crippen LogP) is 0.759.